The summed E-state index contributed by atoms with van der Waals surface area (Å²) in [5.41, 5.74) is 0.535. The molecule has 0 radical (unpaired) electrons. The number of unbranched alkanes of at least 4 members (excludes halogenated alkanes) is 1. The van der Waals surface area contributed by atoms with E-state index in [0.29, 0.717) is 5.41 Å². The van der Waals surface area contributed by atoms with E-state index in [-0.39, 0.29) is 0 Å². The smallest absolute Gasteiger partial charge is 0.0538 e. The third kappa shape index (κ3) is 4.29. The van der Waals surface area contributed by atoms with E-state index in [9.17, 15) is 0 Å². The van der Waals surface area contributed by atoms with Gasteiger partial charge in [0.2, 0.25) is 0 Å². The molecule has 1 aliphatic rings. The van der Waals surface area contributed by atoms with Crippen LogP contribution in [0.5, 0.6) is 0 Å². The summed E-state index contributed by atoms with van der Waals surface area (Å²) in [7, 11) is 0. The van der Waals surface area contributed by atoms with Crippen molar-refractivity contribution in [2.24, 2.45) is 11.3 Å². The van der Waals surface area contributed by atoms with Gasteiger partial charge in [0.05, 0.1) is 6.61 Å². The van der Waals surface area contributed by atoms with E-state index in [1.54, 1.807) is 0 Å². The molecule has 1 heterocycles. The second-order valence-electron chi connectivity index (χ2n) is 5.28. The fraction of sp³-hybridized carbons (Fsp3) is 1.00. The minimum atomic E-state index is 0.535. The topological polar surface area (TPSA) is 9.23 Å². The first kappa shape index (κ1) is 14.4. The average Bonchev–Trinajstić information content (AvgIpc) is 2.26. The van der Waals surface area contributed by atoms with Gasteiger partial charge < -0.3 is 4.74 Å². The van der Waals surface area contributed by atoms with Crippen molar-refractivity contribution < 1.29 is 4.74 Å². The number of rotatable bonds is 9. The second kappa shape index (κ2) is 7.60. The van der Waals surface area contributed by atoms with Crippen molar-refractivity contribution in [3.63, 3.8) is 0 Å². The van der Waals surface area contributed by atoms with E-state index in [1.807, 2.05) is 0 Å². The number of thioether (sulfide) groups is 1. The molecule has 96 valence electrons. The molecule has 1 unspecified atom stereocenters. The van der Waals surface area contributed by atoms with Gasteiger partial charge in [-0.3, -0.25) is 0 Å². The summed E-state index contributed by atoms with van der Waals surface area (Å²) >= 11 is 2.07. The molecule has 0 amide bonds. The Morgan fingerprint density at radius 2 is 2.00 bits per heavy atom. The van der Waals surface area contributed by atoms with E-state index >= 15 is 0 Å². The minimum absolute atomic E-state index is 0.535. The molecule has 1 saturated heterocycles. The Labute approximate surface area is 106 Å². The maximum atomic E-state index is 5.97. The molecular formula is C14H28OS. The number of ether oxygens (including phenoxy) is 1. The van der Waals surface area contributed by atoms with Crippen LogP contribution < -0.4 is 0 Å². The van der Waals surface area contributed by atoms with Gasteiger partial charge in [-0.25, -0.2) is 0 Å². The van der Waals surface area contributed by atoms with Gasteiger partial charge in [-0.15, -0.1) is 0 Å². The molecule has 0 aromatic heterocycles. The number of hydrogen-bond donors (Lipinski definition) is 0. The Morgan fingerprint density at radius 1 is 1.25 bits per heavy atom. The van der Waals surface area contributed by atoms with Gasteiger partial charge in [-0.2, -0.15) is 11.8 Å². The molecule has 1 rings (SSSR count). The van der Waals surface area contributed by atoms with Gasteiger partial charge >= 0.3 is 0 Å². The van der Waals surface area contributed by atoms with Gasteiger partial charge in [0.15, 0.2) is 0 Å². The Morgan fingerprint density at radius 3 is 2.44 bits per heavy atom. The lowest BCUT2D eigenvalue weighted by atomic mass is 9.90. The fourth-order valence-electron chi connectivity index (χ4n) is 2.12. The predicted octanol–water partition coefficient (Wildman–Crippen LogP) is 4.36. The van der Waals surface area contributed by atoms with Crippen molar-refractivity contribution >= 4 is 11.8 Å². The molecule has 1 fully saturated rings. The Bertz CT molecular complexity index is 172. The quantitative estimate of drug-likeness (QED) is 0.596. The van der Waals surface area contributed by atoms with E-state index in [2.05, 4.69) is 32.5 Å². The molecule has 1 aliphatic heterocycles. The molecule has 0 bridgehead atoms. The number of hydrogen-bond acceptors (Lipinski definition) is 2. The van der Waals surface area contributed by atoms with E-state index in [0.717, 1.165) is 19.1 Å². The van der Waals surface area contributed by atoms with Crippen LogP contribution in [0.15, 0.2) is 0 Å². The summed E-state index contributed by atoms with van der Waals surface area (Å²) in [6, 6.07) is 0. The van der Waals surface area contributed by atoms with Crippen molar-refractivity contribution in [2.45, 2.75) is 52.9 Å². The Balaban J connectivity index is 2.12. The van der Waals surface area contributed by atoms with Crippen LogP contribution in [-0.2, 0) is 4.74 Å². The third-order valence-electron chi connectivity index (χ3n) is 3.87. The molecular weight excluding hydrogens is 216 g/mol. The average molecular weight is 244 g/mol. The zero-order valence-corrected chi connectivity index (χ0v) is 12.1. The first-order chi connectivity index (χ1) is 7.76. The van der Waals surface area contributed by atoms with Gasteiger partial charge in [0.1, 0.15) is 0 Å². The van der Waals surface area contributed by atoms with Crippen LogP contribution in [0.1, 0.15) is 52.9 Å². The standard InChI is InChI=1S/C14H28OS/c1-4-7-8-13(5-2)9-15-10-14(6-3)11-16-12-14/h13H,4-12H2,1-3H3. The first-order valence-corrected chi connectivity index (χ1v) is 8.07. The summed E-state index contributed by atoms with van der Waals surface area (Å²) in [6.07, 6.45) is 6.57. The maximum Gasteiger partial charge on any atom is 0.0538 e. The zero-order valence-electron chi connectivity index (χ0n) is 11.3. The molecule has 16 heavy (non-hydrogen) atoms. The second-order valence-corrected chi connectivity index (χ2v) is 6.26. The fourth-order valence-corrected chi connectivity index (χ4v) is 3.48. The Kier molecular flexibility index (Phi) is 6.83. The van der Waals surface area contributed by atoms with E-state index < -0.39 is 0 Å². The van der Waals surface area contributed by atoms with Crippen molar-refractivity contribution in [1.29, 1.82) is 0 Å². The van der Waals surface area contributed by atoms with Gasteiger partial charge in [0, 0.05) is 23.5 Å². The van der Waals surface area contributed by atoms with Crippen molar-refractivity contribution in [3.8, 4) is 0 Å². The third-order valence-corrected chi connectivity index (χ3v) is 5.50. The highest BCUT2D eigenvalue weighted by Crippen LogP contribution is 2.41. The molecule has 2 heteroatoms. The molecule has 0 aliphatic carbocycles. The normalized spacial score (nSPS) is 20.4. The summed E-state index contributed by atoms with van der Waals surface area (Å²) in [6.45, 7) is 8.85. The lowest BCUT2D eigenvalue weighted by Crippen LogP contribution is -2.39. The lowest BCUT2D eigenvalue weighted by Gasteiger charge is -2.40. The van der Waals surface area contributed by atoms with Crippen LogP contribution in [0, 0.1) is 11.3 Å². The van der Waals surface area contributed by atoms with Crippen LogP contribution in [0.2, 0.25) is 0 Å². The summed E-state index contributed by atoms with van der Waals surface area (Å²) in [5.74, 6) is 3.42. The van der Waals surface area contributed by atoms with Gasteiger partial charge in [0.25, 0.3) is 0 Å². The SMILES string of the molecule is CCCCC(CC)COCC1(CC)CSC1. The van der Waals surface area contributed by atoms with Crippen molar-refractivity contribution in [3.05, 3.63) is 0 Å². The monoisotopic (exact) mass is 244 g/mol. The summed E-state index contributed by atoms with van der Waals surface area (Å²) in [5, 5.41) is 0. The highest BCUT2D eigenvalue weighted by Gasteiger charge is 2.36. The Hall–Kier alpha value is 0.310. The molecule has 0 aromatic rings. The van der Waals surface area contributed by atoms with Gasteiger partial charge in [-0.05, 0) is 18.8 Å². The molecule has 0 N–H and O–H groups in total. The molecule has 0 saturated carbocycles. The molecule has 0 spiro atoms. The zero-order chi connectivity index (χ0) is 11.9. The van der Waals surface area contributed by atoms with Crippen LogP contribution in [-0.4, -0.2) is 24.7 Å². The largest absolute Gasteiger partial charge is 0.381 e. The maximum absolute atomic E-state index is 5.97. The van der Waals surface area contributed by atoms with E-state index in [1.165, 1.54) is 43.6 Å². The molecule has 1 nitrogen and oxygen atoms in total. The summed E-state index contributed by atoms with van der Waals surface area (Å²) in [4.78, 5) is 0. The van der Waals surface area contributed by atoms with Crippen molar-refractivity contribution in [2.75, 3.05) is 24.7 Å². The van der Waals surface area contributed by atoms with Crippen molar-refractivity contribution in [1.82, 2.24) is 0 Å². The highest BCUT2D eigenvalue weighted by atomic mass is 32.2. The molecule has 1 atom stereocenters. The van der Waals surface area contributed by atoms with Crippen LogP contribution >= 0.6 is 11.8 Å². The molecule has 0 aromatic carbocycles. The van der Waals surface area contributed by atoms with Crippen LogP contribution in [0.4, 0.5) is 0 Å². The predicted molar refractivity (Wildman–Crippen MR) is 74.2 cm³/mol. The van der Waals surface area contributed by atoms with Gasteiger partial charge in [-0.1, -0.05) is 40.0 Å². The minimum Gasteiger partial charge on any atom is -0.381 e. The van der Waals surface area contributed by atoms with Crippen LogP contribution in [0.25, 0.3) is 0 Å². The highest BCUT2D eigenvalue weighted by molar-refractivity contribution is 8.00. The summed E-state index contributed by atoms with van der Waals surface area (Å²) < 4.78 is 5.97. The lowest BCUT2D eigenvalue weighted by molar-refractivity contribution is 0.0350. The van der Waals surface area contributed by atoms with Crippen LogP contribution in [0.3, 0.4) is 0 Å². The van der Waals surface area contributed by atoms with E-state index in [4.69, 9.17) is 4.74 Å². The first-order valence-electron chi connectivity index (χ1n) is 6.91.